The van der Waals surface area contributed by atoms with Gasteiger partial charge in [0.05, 0.1) is 10.8 Å². The first-order valence-electron chi connectivity index (χ1n) is 7.03. The average molecular weight is 383 g/mol. The molecule has 1 atom stereocenters. The Morgan fingerprint density at radius 3 is 2.78 bits per heavy atom. The van der Waals surface area contributed by atoms with Crippen LogP contribution < -0.4 is 10.5 Å². The maximum absolute atomic E-state index is 9.59. The van der Waals surface area contributed by atoms with E-state index in [1.54, 1.807) is 11.3 Å². The molecular formula is C18H11BrN2OS. The fraction of sp³-hybridized carbons (Fsp3) is 0.0556. The highest BCUT2D eigenvalue weighted by Gasteiger charge is 2.33. The van der Waals surface area contributed by atoms with Crippen molar-refractivity contribution >= 4 is 37.4 Å². The maximum atomic E-state index is 9.59. The van der Waals surface area contributed by atoms with Crippen LogP contribution in [0.3, 0.4) is 0 Å². The Bertz CT molecular complexity index is 1000. The zero-order valence-electron chi connectivity index (χ0n) is 11.9. The van der Waals surface area contributed by atoms with E-state index in [9.17, 15) is 5.26 Å². The van der Waals surface area contributed by atoms with Gasteiger partial charge in [-0.2, -0.15) is 5.26 Å². The van der Waals surface area contributed by atoms with Crippen LogP contribution in [0.5, 0.6) is 5.75 Å². The second-order valence-electron chi connectivity index (χ2n) is 5.27. The van der Waals surface area contributed by atoms with Crippen molar-refractivity contribution in [1.29, 1.82) is 5.26 Å². The van der Waals surface area contributed by atoms with E-state index in [0.29, 0.717) is 5.57 Å². The highest BCUT2D eigenvalue weighted by atomic mass is 79.9. The molecule has 1 aliphatic rings. The zero-order valence-corrected chi connectivity index (χ0v) is 14.3. The minimum absolute atomic E-state index is 0.188. The molecule has 0 bridgehead atoms. The summed E-state index contributed by atoms with van der Waals surface area (Å²) in [5, 5.41) is 10.6. The summed E-state index contributed by atoms with van der Waals surface area (Å²) in [7, 11) is 0. The number of nitriles is 1. The molecule has 2 heterocycles. The van der Waals surface area contributed by atoms with Gasteiger partial charge in [-0.3, -0.25) is 0 Å². The maximum Gasteiger partial charge on any atom is 0.205 e. The molecule has 112 valence electrons. The minimum Gasteiger partial charge on any atom is -0.439 e. The second-order valence-corrected chi connectivity index (χ2v) is 7.27. The van der Waals surface area contributed by atoms with Crippen LogP contribution in [0, 0.1) is 11.3 Å². The van der Waals surface area contributed by atoms with Crippen molar-refractivity contribution in [2.24, 2.45) is 5.73 Å². The number of nitrogens with zero attached hydrogens (tertiary/aromatic N) is 1. The topological polar surface area (TPSA) is 59.0 Å². The molecule has 1 aromatic heterocycles. The third kappa shape index (κ3) is 2.23. The van der Waals surface area contributed by atoms with Gasteiger partial charge in [0.25, 0.3) is 0 Å². The molecule has 0 saturated carbocycles. The Kier molecular flexibility index (Phi) is 3.37. The van der Waals surface area contributed by atoms with Crippen molar-refractivity contribution < 1.29 is 4.74 Å². The molecule has 3 nitrogen and oxygen atoms in total. The van der Waals surface area contributed by atoms with Gasteiger partial charge < -0.3 is 10.5 Å². The van der Waals surface area contributed by atoms with E-state index in [0.717, 1.165) is 30.7 Å². The summed E-state index contributed by atoms with van der Waals surface area (Å²) < 4.78 is 7.91. The SMILES string of the molecule is N#CC1=C(N)Oc2c(sc3ccccc23)[C@@H]1c1cccc(Br)c1. The molecule has 5 heteroatoms. The molecule has 0 aliphatic carbocycles. The Hall–Kier alpha value is -2.29. The van der Waals surface area contributed by atoms with Gasteiger partial charge in [0.1, 0.15) is 11.6 Å². The minimum atomic E-state index is -0.196. The molecule has 0 unspecified atom stereocenters. The molecule has 0 saturated heterocycles. The largest absolute Gasteiger partial charge is 0.439 e. The number of hydrogen-bond acceptors (Lipinski definition) is 4. The first-order valence-corrected chi connectivity index (χ1v) is 8.64. The summed E-state index contributed by atoms with van der Waals surface area (Å²) in [5.41, 5.74) is 7.53. The molecule has 0 spiro atoms. The van der Waals surface area contributed by atoms with E-state index in [4.69, 9.17) is 10.5 Å². The van der Waals surface area contributed by atoms with E-state index in [1.807, 2.05) is 42.5 Å². The number of nitrogens with two attached hydrogens (primary N) is 1. The summed E-state index contributed by atoms with van der Waals surface area (Å²) in [6.45, 7) is 0. The Labute approximate surface area is 145 Å². The standard InChI is InChI=1S/C18H11BrN2OS/c19-11-5-3-4-10(8-11)15-13(9-20)18(21)22-16-12-6-1-2-7-14(12)23-17(15)16/h1-8,15H,21H2/t15-/m1/s1. The van der Waals surface area contributed by atoms with Crippen molar-refractivity contribution in [2.75, 3.05) is 0 Å². The van der Waals surface area contributed by atoms with E-state index < -0.39 is 0 Å². The third-order valence-electron chi connectivity index (χ3n) is 3.91. The molecule has 0 fully saturated rings. The van der Waals surface area contributed by atoms with Crippen LogP contribution in [0.2, 0.25) is 0 Å². The summed E-state index contributed by atoms with van der Waals surface area (Å²) >= 11 is 5.15. The van der Waals surface area contributed by atoms with Crippen molar-refractivity contribution in [3.8, 4) is 11.8 Å². The molecule has 3 aromatic rings. The van der Waals surface area contributed by atoms with Crippen molar-refractivity contribution in [3.05, 3.63) is 74.9 Å². The van der Waals surface area contributed by atoms with E-state index >= 15 is 0 Å². The molecule has 0 radical (unpaired) electrons. The molecule has 23 heavy (non-hydrogen) atoms. The van der Waals surface area contributed by atoms with Crippen molar-refractivity contribution in [2.45, 2.75) is 5.92 Å². The zero-order chi connectivity index (χ0) is 16.0. The summed E-state index contributed by atoms with van der Waals surface area (Å²) in [5.74, 6) is 0.763. The molecular weight excluding hydrogens is 372 g/mol. The number of thiophene rings is 1. The number of fused-ring (bicyclic) bond motifs is 3. The van der Waals surface area contributed by atoms with Gasteiger partial charge in [-0.15, -0.1) is 11.3 Å². The Morgan fingerprint density at radius 1 is 1.17 bits per heavy atom. The van der Waals surface area contributed by atoms with Crippen LogP contribution >= 0.6 is 27.3 Å². The van der Waals surface area contributed by atoms with Crippen molar-refractivity contribution in [3.63, 3.8) is 0 Å². The van der Waals surface area contributed by atoms with Crippen LogP contribution in [-0.4, -0.2) is 0 Å². The van der Waals surface area contributed by atoms with Gasteiger partial charge >= 0.3 is 0 Å². The number of benzene rings is 2. The second kappa shape index (κ2) is 5.41. The Morgan fingerprint density at radius 2 is 2.00 bits per heavy atom. The molecule has 1 aliphatic heterocycles. The highest BCUT2D eigenvalue weighted by molar-refractivity contribution is 9.10. The number of hydrogen-bond donors (Lipinski definition) is 1. The van der Waals surface area contributed by atoms with Crippen LogP contribution in [0.1, 0.15) is 16.4 Å². The van der Waals surface area contributed by atoms with Gasteiger partial charge in [-0.05, 0) is 29.8 Å². The highest BCUT2D eigenvalue weighted by Crippen LogP contribution is 2.50. The van der Waals surface area contributed by atoms with Gasteiger partial charge in [0, 0.05) is 14.6 Å². The predicted molar refractivity (Wildman–Crippen MR) is 95.3 cm³/mol. The normalized spacial score (nSPS) is 16.8. The molecule has 2 aromatic carbocycles. The number of rotatable bonds is 1. The molecule has 4 rings (SSSR count). The van der Waals surface area contributed by atoms with Crippen molar-refractivity contribution in [1.82, 2.24) is 0 Å². The number of allylic oxidation sites excluding steroid dienone is 1. The first-order chi connectivity index (χ1) is 11.2. The first kappa shape index (κ1) is 14.3. The molecule has 2 N–H and O–H groups in total. The van der Waals surface area contributed by atoms with Gasteiger partial charge in [-0.1, -0.05) is 40.2 Å². The lowest BCUT2D eigenvalue weighted by molar-refractivity contribution is 0.401. The molecule has 0 amide bonds. The average Bonchev–Trinajstić information content (AvgIpc) is 2.91. The van der Waals surface area contributed by atoms with Crippen LogP contribution in [0.25, 0.3) is 10.1 Å². The Balaban J connectivity index is 2.02. The van der Waals surface area contributed by atoms with Gasteiger partial charge in [0.15, 0.2) is 5.75 Å². The summed E-state index contributed by atoms with van der Waals surface area (Å²) in [4.78, 5) is 1.02. The summed E-state index contributed by atoms with van der Waals surface area (Å²) in [6, 6.07) is 18.3. The lowest BCUT2D eigenvalue weighted by Crippen LogP contribution is -2.19. The van der Waals surface area contributed by atoms with Crippen LogP contribution in [-0.2, 0) is 0 Å². The van der Waals surface area contributed by atoms with Crippen LogP contribution in [0.4, 0.5) is 0 Å². The van der Waals surface area contributed by atoms with Gasteiger partial charge in [-0.25, -0.2) is 0 Å². The number of ether oxygens (including phenoxy) is 1. The summed E-state index contributed by atoms with van der Waals surface area (Å²) in [6.07, 6.45) is 0. The smallest absolute Gasteiger partial charge is 0.205 e. The fourth-order valence-electron chi connectivity index (χ4n) is 2.90. The predicted octanol–water partition coefficient (Wildman–Crippen LogP) is 4.88. The monoisotopic (exact) mass is 382 g/mol. The van der Waals surface area contributed by atoms with Gasteiger partial charge in [0.2, 0.25) is 5.88 Å². The van der Waals surface area contributed by atoms with E-state index in [2.05, 4.69) is 28.1 Å². The quantitative estimate of drug-likeness (QED) is 0.652. The lowest BCUT2D eigenvalue weighted by Gasteiger charge is -2.24. The van der Waals surface area contributed by atoms with E-state index in [-0.39, 0.29) is 11.8 Å². The lowest BCUT2D eigenvalue weighted by atomic mass is 9.88. The third-order valence-corrected chi connectivity index (χ3v) is 5.62. The van der Waals surface area contributed by atoms with E-state index in [1.165, 1.54) is 0 Å². The fourth-order valence-corrected chi connectivity index (χ4v) is 4.59. The van der Waals surface area contributed by atoms with Crippen LogP contribution in [0.15, 0.2) is 64.5 Å². The number of halogens is 1.